The molecule has 0 rings (SSSR count). The predicted octanol–water partition coefficient (Wildman–Crippen LogP) is -1.12. The number of carbonyl (C=O) groups is 1. The van der Waals surface area contributed by atoms with Crippen LogP contribution >= 0.6 is 0 Å². The average Bonchev–Trinajstić information content (AvgIpc) is 2.39. The van der Waals surface area contributed by atoms with Gasteiger partial charge in [-0.15, -0.1) is 0 Å². The van der Waals surface area contributed by atoms with Gasteiger partial charge in [-0.3, -0.25) is 0 Å². The maximum atomic E-state index is 10.1. The van der Waals surface area contributed by atoms with E-state index in [0.717, 1.165) is 13.1 Å². The van der Waals surface area contributed by atoms with Crippen molar-refractivity contribution in [3.05, 3.63) is 0 Å². The number of nitrogens with one attached hydrogen (secondary N) is 1. The van der Waals surface area contributed by atoms with Gasteiger partial charge in [-0.25, -0.2) is 0 Å². The molecule has 0 aliphatic carbocycles. The second-order valence-corrected chi connectivity index (χ2v) is 4.96. The molecule has 0 aromatic rings. The minimum atomic E-state index is -1.05. The van der Waals surface area contributed by atoms with Crippen molar-refractivity contribution in [3.63, 3.8) is 0 Å². The standard InChI is InChI=1S/C15H31NO3.Na/c1-2-3-4-5-6-7-8-9-11-16-12-14-19-13-10-15(17)18;/h16H,2-14H2,1H3,(H,17,18);/q;+1/p-1. The van der Waals surface area contributed by atoms with Crippen LogP contribution in [-0.4, -0.2) is 32.3 Å². The number of carboxylic acids is 1. The maximum absolute atomic E-state index is 10.1. The Morgan fingerprint density at radius 3 is 2.15 bits per heavy atom. The molecule has 0 saturated carbocycles. The maximum Gasteiger partial charge on any atom is 1.00 e. The van der Waals surface area contributed by atoms with E-state index in [1.807, 2.05) is 0 Å². The zero-order valence-corrected chi connectivity index (χ0v) is 15.4. The Labute approximate surface area is 146 Å². The summed E-state index contributed by atoms with van der Waals surface area (Å²) in [7, 11) is 0. The Bertz CT molecular complexity index is 204. The summed E-state index contributed by atoms with van der Waals surface area (Å²) >= 11 is 0. The third-order valence-corrected chi connectivity index (χ3v) is 3.08. The third-order valence-electron chi connectivity index (χ3n) is 3.08. The van der Waals surface area contributed by atoms with Crippen LogP contribution < -0.4 is 40.0 Å². The molecule has 0 bridgehead atoms. The summed E-state index contributed by atoms with van der Waals surface area (Å²) < 4.78 is 5.14. The van der Waals surface area contributed by atoms with Crippen LogP contribution in [0.5, 0.6) is 0 Å². The Morgan fingerprint density at radius 2 is 1.55 bits per heavy atom. The zero-order valence-electron chi connectivity index (χ0n) is 13.4. The summed E-state index contributed by atoms with van der Waals surface area (Å²) in [5.41, 5.74) is 0. The van der Waals surface area contributed by atoms with Crippen LogP contribution in [0.2, 0.25) is 0 Å². The number of carboxylic acid groups (broad SMARTS) is 1. The fraction of sp³-hybridized carbons (Fsp3) is 0.933. The number of rotatable bonds is 15. The minimum absolute atomic E-state index is 0. The fourth-order valence-corrected chi connectivity index (χ4v) is 1.91. The van der Waals surface area contributed by atoms with E-state index in [-0.39, 0.29) is 42.6 Å². The first-order chi connectivity index (χ1) is 9.27. The van der Waals surface area contributed by atoms with E-state index >= 15 is 0 Å². The van der Waals surface area contributed by atoms with Crippen LogP contribution in [0.1, 0.15) is 64.7 Å². The number of ether oxygens (including phenoxy) is 1. The SMILES string of the molecule is CCCCCCCCCCNCCOCCC(=O)[O-].[Na+]. The first-order valence-corrected chi connectivity index (χ1v) is 7.75. The molecule has 0 fully saturated rings. The van der Waals surface area contributed by atoms with Crippen molar-refractivity contribution in [2.24, 2.45) is 0 Å². The molecule has 20 heavy (non-hydrogen) atoms. The molecule has 0 spiro atoms. The Morgan fingerprint density at radius 1 is 0.950 bits per heavy atom. The number of hydrogen-bond acceptors (Lipinski definition) is 4. The van der Waals surface area contributed by atoms with E-state index in [1.54, 1.807) is 0 Å². The topological polar surface area (TPSA) is 61.4 Å². The average molecular weight is 295 g/mol. The van der Waals surface area contributed by atoms with Crippen LogP contribution in [0.4, 0.5) is 0 Å². The van der Waals surface area contributed by atoms with Gasteiger partial charge in [-0.2, -0.15) is 0 Å². The Hall–Kier alpha value is 0.390. The van der Waals surface area contributed by atoms with Crippen LogP contribution in [0.25, 0.3) is 0 Å². The van der Waals surface area contributed by atoms with Crippen molar-refractivity contribution in [1.82, 2.24) is 5.32 Å². The van der Waals surface area contributed by atoms with Crippen molar-refractivity contribution in [1.29, 1.82) is 0 Å². The summed E-state index contributed by atoms with van der Waals surface area (Å²) in [4.78, 5) is 10.1. The molecule has 0 radical (unpaired) electrons. The van der Waals surface area contributed by atoms with Gasteiger partial charge in [-0.05, 0) is 13.0 Å². The number of unbranched alkanes of at least 4 members (excludes halogenated alkanes) is 7. The van der Waals surface area contributed by atoms with Gasteiger partial charge in [0.2, 0.25) is 0 Å². The Balaban J connectivity index is 0. The quantitative estimate of drug-likeness (QED) is 0.307. The molecular weight excluding hydrogens is 265 g/mol. The van der Waals surface area contributed by atoms with E-state index in [0.29, 0.717) is 6.61 Å². The summed E-state index contributed by atoms with van der Waals surface area (Å²) in [5, 5.41) is 13.4. The van der Waals surface area contributed by atoms with E-state index in [2.05, 4.69) is 12.2 Å². The van der Waals surface area contributed by atoms with Crippen molar-refractivity contribution in [2.75, 3.05) is 26.3 Å². The molecule has 1 N–H and O–H groups in total. The zero-order chi connectivity index (χ0) is 14.2. The van der Waals surface area contributed by atoms with E-state index in [9.17, 15) is 9.90 Å². The molecule has 0 aromatic heterocycles. The van der Waals surface area contributed by atoms with E-state index < -0.39 is 5.97 Å². The first kappa shape index (κ1) is 22.7. The monoisotopic (exact) mass is 295 g/mol. The van der Waals surface area contributed by atoms with Crippen molar-refractivity contribution < 1.29 is 44.2 Å². The molecule has 5 heteroatoms. The van der Waals surface area contributed by atoms with Crippen molar-refractivity contribution in [3.8, 4) is 0 Å². The van der Waals surface area contributed by atoms with Crippen LogP contribution in [0.15, 0.2) is 0 Å². The summed E-state index contributed by atoms with van der Waals surface area (Å²) in [5.74, 6) is -1.05. The second-order valence-electron chi connectivity index (χ2n) is 4.96. The van der Waals surface area contributed by atoms with Crippen LogP contribution in [0.3, 0.4) is 0 Å². The number of hydrogen-bond donors (Lipinski definition) is 1. The minimum Gasteiger partial charge on any atom is -0.550 e. The van der Waals surface area contributed by atoms with Crippen molar-refractivity contribution in [2.45, 2.75) is 64.7 Å². The molecule has 0 unspecified atom stereocenters. The molecule has 0 amide bonds. The fourth-order valence-electron chi connectivity index (χ4n) is 1.91. The van der Waals surface area contributed by atoms with Crippen LogP contribution in [0, 0.1) is 0 Å². The summed E-state index contributed by atoms with van der Waals surface area (Å²) in [6, 6.07) is 0. The number of aliphatic carboxylic acids is 1. The molecule has 0 aliphatic rings. The van der Waals surface area contributed by atoms with Crippen LogP contribution in [-0.2, 0) is 9.53 Å². The summed E-state index contributed by atoms with van der Waals surface area (Å²) in [6.45, 7) is 4.89. The van der Waals surface area contributed by atoms with Gasteiger partial charge < -0.3 is 20.0 Å². The molecule has 0 aromatic carbocycles. The van der Waals surface area contributed by atoms with Gasteiger partial charge in [0.1, 0.15) is 0 Å². The third kappa shape index (κ3) is 20.7. The van der Waals surface area contributed by atoms with Gasteiger partial charge in [0.25, 0.3) is 0 Å². The van der Waals surface area contributed by atoms with E-state index in [4.69, 9.17) is 4.74 Å². The van der Waals surface area contributed by atoms with Gasteiger partial charge >= 0.3 is 29.6 Å². The Kier molecular flexibility index (Phi) is 22.0. The van der Waals surface area contributed by atoms with E-state index in [1.165, 1.54) is 51.4 Å². The summed E-state index contributed by atoms with van der Waals surface area (Å²) in [6.07, 6.45) is 10.7. The normalized spacial score (nSPS) is 10.2. The van der Waals surface area contributed by atoms with Gasteiger partial charge in [0.05, 0.1) is 13.2 Å². The molecule has 0 atom stereocenters. The number of carbonyl (C=O) groups excluding carboxylic acids is 1. The molecule has 0 saturated heterocycles. The molecule has 0 aliphatic heterocycles. The molecule has 114 valence electrons. The van der Waals surface area contributed by atoms with Crippen molar-refractivity contribution >= 4 is 5.97 Å². The van der Waals surface area contributed by atoms with Gasteiger partial charge in [-0.1, -0.05) is 51.9 Å². The molecule has 0 heterocycles. The van der Waals surface area contributed by atoms with Gasteiger partial charge in [0, 0.05) is 18.9 Å². The molecular formula is C15H30NNaO3. The van der Waals surface area contributed by atoms with Gasteiger partial charge in [0.15, 0.2) is 0 Å². The first-order valence-electron chi connectivity index (χ1n) is 7.75. The molecule has 4 nitrogen and oxygen atoms in total. The second kappa shape index (κ2) is 19.4. The smallest absolute Gasteiger partial charge is 0.550 e. The largest absolute Gasteiger partial charge is 1.00 e. The predicted molar refractivity (Wildman–Crippen MR) is 75.9 cm³/mol.